The van der Waals surface area contributed by atoms with Crippen molar-refractivity contribution in [2.45, 2.75) is 45.6 Å². The minimum absolute atomic E-state index is 0.0483. The number of nitrogens with zero attached hydrogens (tertiary/aromatic N) is 5. The summed E-state index contributed by atoms with van der Waals surface area (Å²) < 4.78 is 28.3. The molecule has 0 amide bonds. The molecular weight excluding hydrogens is 521 g/mol. The fourth-order valence-electron chi connectivity index (χ4n) is 6.02. The molecule has 2 aromatic heterocycles. The van der Waals surface area contributed by atoms with Crippen molar-refractivity contribution in [3.8, 4) is 23.0 Å². The van der Waals surface area contributed by atoms with Crippen LogP contribution in [0.2, 0.25) is 0 Å². The SMILES string of the molecule is CC.Oc1cc(-c2ncc3c(N4CCCOCC4)nc(OC4=CC5CCCN5CC4)nc3c2F)c2ccccc2c1. The monoisotopic (exact) mass is 557 g/mol. The Kier molecular flexibility index (Phi) is 7.98. The predicted molar refractivity (Wildman–Crippen MR) is 159 cm³/mol. The first kappa shape index (κ1) is 27.4. The van der Waals surface area contributed by atoms with Crippen LogP contribution in [0.25, 0.3) is 32.9 Å². The Balaban J connectivity index is 0.00000148. The summed E-state index contributed by atoms with van der Waals surface area (Å²) in [5.41, 5.74) is 0.784. The van der Waals surface area contributed by atoms with Crippen molar-refractivity contribution in [1.82, 2.24) is 19.9 Å². The molecule has 8 nitrogen and oxygen atoms in total. The van der Waals surface area contributed by atoms with Gasteiger partial charge in [0.1, 0.15) is 28.5 Å². The minimum atomic E-state index is -0.567. The number of aromatic hydroxyl groups is 1. The van der Waals surface area contributed by atoms with Crippen LogP contribution in [0.5, 0.6) is 11.8 Å². The van der Waals surface area contributed by atoms with E-state index in [1.807, 2.05) is 38.1 Å². The van der Waals surface area contributed by atoms with E-state index < -0.39 is 5.82 Å². The first-order valence-electron chi connectivity index (χ1n) is 14.7. The van der Waals surface area contributed by atoms with E-state index in [4.69, 9.17) is 14.5 Å². The number of ether oxygens (including phenoxy) is 2. The molecule has 0 aliphatic carbocycles. The Morgan fingerprint density at radius 3 is 2.78 bits per heavy atom. The van der Waals surface area contributed by atoms with Crippen LogP contribution in [0, 0.1) is 5.82 Å². The van der Waals surface area contributed by atoms with Crippen molar-refractivity contribution < 1.29 is 19.0 Å². The number of phenols is 1. The zero-order chi connectivity index (χ0) is 28.3. The van der Waals surface area contributed by atoms with Gasteiger partial charge in [0.25, 0.3) is 0 Å². The van der Waals surface area contributed by atoms with E-state index in [2.05, 4.69) is 25.8 Å². The lowest BCUT2D eigenvalue weighted by Gasteiger charge is -2.28. The Morgan fingerprint density at radius 2 is 1.88 bits per heavy atom. The number of aromatic nitrogens is 3. The zero-order valence-electron chi connectivity index (χ0n) is 23.6. The number of rotatable bonds is 4. The average molecular weight is 558 g/mol. The highest BCUT2D eigenvalue weighted by atomic mass is 19.1. The van der Waals surface area contributed by atoms with Crippen LogP contribution < -0.4 is 9.64 Å². The maximum absolute atomic E-state index is 16.4. The van der Waals surface area contributed by atoms with Crippen molar-refractivity contribution in [2.75, 3.05) is 44.3 Å². The van der Waals surface area contributed by atoms with E-state index in [1.54, 1.807) is 18.3 Å². The third-order valence-electron chi connectivity index (χ3n) is 7.93. The molecule has 4 aromatic rings. The van der Waals surface area contributed by atoms with Gasteiger partial charge >= 0.3 is 6.01 Å². The molecule has 1 atom stereocenters. The zero-order valence-corrected chi connectivity index (χ0v) is 23.6. The van der Waals surface area contributed by atoms with Crippen molar-refractivity contribution in [1.29, 1.82) is 0 Å². The number of fused-ring (bicyclic) bond motifs is 3. The van der Waals surface area contributed by atoms with E-state index in [1.165, 1.54) is 6.42 Å². The van der Waals surface area contributed by atoms with Gasteiger partial charge < -0.3 is 19.5 Å². The summed E-state index contributed by atoms with van der Waals surface area (Å²) in [4.78, 5) is 18.5. The van der Waals surface area contributed by atoms with Gasteiger partial charge in [-0.1, -0.05) is 38.1 Å². The van der Waals surface area contributed by atoms with Crippen molar-refractivity contribution >= 4 is 27.5 Å². The van der Waals surface area contributed by atoms with Gasteiger partial charge in [-0.2, -0.15) is 9.97 Å². The van der Waals surface area contributed by atoms with Gasteiger partial charge in [0.15, 0.2) is 5.82 Å². The molecule has 3 aliphatic heterocycles. The largest absolute Gasteiger partial charge is 0.508 e. The molecule has 3 aliphatic rings. The molecule has 0 spiro atoms. The first-order valence-corrected chi connectivity index (χ1v) is 14.7. The Labute approximate surface area is 239 Å². The first-order chi connectivity index (χ1) is 20.1. The third-order valence-corrected chi connectivity index (χ3v) is 7.93. The molecule has 41 heavy (non-hydrogen) atoms. The Hall–Kier alpha value is -3.82. The molecule has 1 N–H and O–H groups in total. The van der Waals surface area contributed by atoms with Gasteiger partial charge in [-0.05, 0) is 54.8 Å². The van der Waals surface area contributed by atoms with Crippen LogP contribution in [-0.4, -0.2) is 70.4 Å². The van der Waals surface area contributed by atoms with Gasteiger partial charge in [-0.3, -0.25) is 9.88 Å². The predicted octanol–water partition coefficient (Wildman–Crippen LogP) is 6.07. The van der Waals surface area contributed by atoms with E-state index in [0.29, 0.717) is 42.6 Å². The Morgan fingerprint density at radius 1 is 1.00 bits per heavy atom. The Bertz CT molecular complexity index is 1590. The van der Waals surface area contributed by atoms with Crippen LogP contribution in [0.3, 0.4) is 0 Å². The van der Waals surface area contributed by atoms with Crippen LogP contribution in [0.1, 0.15) is 39.5 Å². The fourth-order valence-corrected chi connectivity index (χ4v) is 6.02. The second-order valence-electron chi connectivity index (χ2n) is 10.4. The van der Waals surface area contributed by atoms with Crippen LogP contribution in [-0.2, 0) is 4.74 Å². The van der Waals surface area contributed by atoms with Crippen molar-refractivity contribution in [2.24, 2.45) is 0 Å². The molecule has 9 heteroatoms. The molecule has 0 bridgehead atoms. The van der Waals surface area contributed by atoms with E-state index in [0.717, 1.165) is 55.4 Å². The summed E-state index contributed by atoms with van der Waals surface area (Å²) in [6.07, 6.45) is 7.71. The number of pyridine rings is 1. The minimum Gasteiger partial charge on any atom is -0.508 e. The highest BCUT2D eigenvalue weighted by Crippen LogP contribution is 2.37. The van der Waals surface area contributed by atoms with Gasteiger partial charge in [0.2, 0.25) is 0 Å². The molecule has 2 aromatic carbocycles. The van der Waals surface area contributed by atoms with Crippen LogP contribution >= 0.6 is 0 Å². The molecule has 5 heterocycles. The number of anilines is 1. The lowest BCUT2D eigenvalue weighted by molar-refractivity contribution is 0.152. The summed E-state index contributed by atoms with van der Waals surface area (Å²) in [7, 11) is 0. The van der Waals surface area contributed by atoms with Crippen LogP contribution in [0.4, 0.5) is 10.2 Å². The second kappa shape index (κ2) is 12.0. The summed E-state index contributed by atoms with van der Waals surface area (Å²) >= 11 is 0. The van der Waals surface area contributed by atoms with Crippen LogP contribution in [0.15, 0.2) is 54.4 Å². The molecule has 0 saturated carbocycles. The number of benzene rings is 2. The van der Waals surface area contributed by atoms with Crippen molar-refractivity contribution in [3.05, 3.63) is 60.2 Å². The molecular formula is C32H36FN5O3. The summed E-state index contributed by atoms with van der Waals surface area (Å²) in [6.45, 7) is 8.65. The molecule has 7 rings (SSSR count). The van der Waals surface area contributed by atoms with Crippen molar-refractivity contribution in [3.63, 3.8) is 0 Å². The van der Waals surface area contributed by atoms with E-state index >= 15 is 4.39 Å². The van der Waals surface area contributed by atoms with Gasteiger partial charge in [-0.15, -0.1) is 0 Å². The summed E-state index contributed by atoms with van der Waals surface area (Å²) in [5.74, 6) is 0.906. The van der Waals surface area contributed by atoms with E-state index in [9.17, 15) is 5.11 Å². The number of phenolic OH excluding ortho intramolecular Hbond substituents is 1. The third kappa shape index (κ3) is 5.44. The quantitative estimate of drug-likeness (QED) is 0.324. The standard InChI is InChI=1S/C30H30FN5O3.C2H6/c31-26-27(24-17-21(37)15-19-5-1-2-7-23(19)24)32-18-25-28(26)33-30(34-29(25)36-10-4-13-38-14-12-36)39-22-8-11-35-9-3-6-20(35)16-22;1-2/h1-2,5,7,15-18,20,37H,3-4,6,8-14H2;1-2H3. The second-order valence-corrected chi connectivity index (χ2v) is 10.4. The van der Waals surface area contributed by atoms with Gasteiger partial charge in [-0.25, -0.2) is 4.39 Å². The van der Waals surface area contributed by atoms with Gasteiger partial charge in [0, 0.05) is 50.5 Å². The topological polar surface area (TPSA) is 83.8 Å². The summed E-state index contributed by atoms with van der Waals surface area (Å²) in [6, 6.07) is 11.3. The highest BCUT2D eigenvalue weighted by Gasteiger charge is 2.28. The fraction of sp³-hybridized carbons (Fsp3) is 0.406. The number of halogens is 1. The molecule has 2 fully saturated rings. The van der Waals surface area contributed by atoms with E-state index in [-0.39, 0.29) is 23.0 Å². The highest BCUT2D eigenvalue weighted by molar-refractivity contribution is 5.99. The maximum Gasteiger partial charge on any atom is 0.324 e. The molecule has 214 valence electrons. The lowest BCUT2D eigenvalue weighted by atomic mass is 10.0. The maximum atomic E-state index is 16.4. The van der Waals surface area contributed by atoms with Gasteiger partial charge in [0.05, 0.1) is 12.0 Å². The summed E-state index contributed by atoms with van der Waals surface area (Å²) in [5, 5.41) is 12.5. The number of hydrogen-bond donors (Lipinski definition) is 1. The molecule has 0 radical (unpaired) electrons. The smallest absolute Gasteiger partial charge is 0.324 e. The normalized spacial score (nSPS) is 19.3. The number of hydrogen-bond acceptors (Lipinski definition) is 8. The average Bonchev–Trinajstić information content (AvgIpc) is 3.29. The molecule has 1 unspecified atom stereocenters. The molecule has 2 saturated heterocycles. The lowest BCUT2D eigenvalue weighted by Crippen LogP contribution is -2.33.